The molecule has 0 rings (SSSR count). The van der Waals surface area contributed by atoms with Gasteiger partial charge < -0.3 is 0 Å². The zero-order valence-corrected chi connectivity index (χ0v) is 6.32. The molecule has 1 unspecified atom stereocenters. The van der Waals surface area contributed by atoms with Gasteiger partial charge in [0, 0.05) is 6.42 Å². The van der Waals surface area contributed by atoms with Gasteiger partial charge in [0.15, 0.2) is 0 Å². The summed E-state index contributed by atoms with van der Waals surface area (Å²) in [6, 6.07) is 0. The summed E-state index contributed by atoms with van der Waals surface area (Å²) in [7, 11) is 0. The van der Waals surface area contributed by atoms with Crippen LogP contribution in [0, 0.1) is 5.92 Å². The Kier molecular flexibility index (Phi) is 3.93. The first-order valence-corrected chi connectivity index (χ1v) is 3.19. The normalized spacial score (nSPS) is 15.0. The molecule has 0 bridgehead atoms. The zero-order valence-electron chi connectivity index (χ0n) is 6.32. The van der Waals surface area contributed by atoms with Crippen LogP contribution in [0.2, 0.25) is 0 Å². The number of hydrogen-bond acceptors (Lipinski definition) is 0. The van der Waals surface area contributed by atoms with Crippen molar-refractivity contribution < 1.29 is 8.78 Å². The Morgan fingerprint density at radius 1 is 1.60 bits per heavy atom. The second-order valence-corrected chi connectivity index (χ2v) is 2.45. The van der Waals surface area contributed by atoms with Crippen molar-refractivity contribution in [1.82, 2.24) is 0 Å². The van der Waals surface area contributed by atoms with E-state index < -0.39 is 5.83 Å². The summed E-state index contributed by atoms with van der Waals surface area (Å²) in [4.78, 5) is 0. The molecule has 0 saturated carbocycles. The quantitative estimate of drug-likeness (QED) is 0.572. The summed E-state index contributed by atoms with van der Waals surface area (Å²) in [5.41, 5.74) is 0. The van der Waals surface area contributed by atoms with Crippen LogP contribution in [-0.4, -0.2) is 0 Å². The van der Waals surface area contributed by atoms with Gasteiger partial charge in [-0.15, -0.1) is 0 Å². The molecule has 0 fully saturated rings. The highest BCUT2D eigenvalue weighted by atomic mass is 19.1. The van der Waals surface area contributed by atoms with Crippen molar-refractivity contribution in [1.29, 1.82) is 0 Å². The van der Waals surface area contributed by atoms with Crippen LogP contribution >= 0.6 is 0 Å². The Bertz CT molecular complexity index is 143. The highest BCUT2D eigenvalue weighted by Gasteiger charge is 2.00. The maximum absolute atomic E-state index is 12.1. The van der Waals surface area contributed by atoms with E-state index in [9.17, 15) is 8.78 Å². The van der Waals surface area contributed by atoms with Crippen LogP contribution in [0.15, 0.2) is 24.3 Å². The molecule has 0 aromatic carbocycles. The van der Waals surface area contributed by atoms with Gasteiger partial charge >= 0.3 is 0 Å². The molecule has 0 spiro atoms. The molecule has 58 valence electrons. The molecule has 0 aromatic heterocycles. The van der Waals surface area contributed by atoms with Crippen molar-refractivity contribution in [2.24, 2.45) is 5.92 Å². The van der Waals surface area contributed by atoms with Gasteiger partial charge in [0.2, 0.25) is 0 Å². The van der Waals surface area contributed by atoms with E-state index in [-0.39, 0.29) is 18.2 Å². The van der Waals surface area contributed by atoms with Gasteiger partial charge in [-0.25, -0.2) is 8.78 Å². The number of halogens is 2. The first-order chi connectivity index (χ1) is 4.52. The number of allylic oxidation sites excluding steroid dienone is 3. The molecule has 0 N–H and O–H groups in total. The van der Waals surface area contributed by atoms with Crippen LogP contribution in [0.1, 0.15) is 20.3 Å². The van der Waals surface area contributed by atoms with Gasteiger partial charge in [0.1, 0.15) is 0 Å². The van der Waals surface area contributed by atoms with Gasteiger partial charge in [-0.1, -0.05) is 13.5 Å². The lowest BCUT2D eigenvalue weighted by atomic mass is 10.1. The Morgan fingerprint density at radius 3 is 2.40 bits per heavy atom. The Labute approximate surface area is 60.2 Å². The summed E-state index contributed by atoms with van der Waals surface area (Å²) in [6.45, 7) is 6.17. The van der Waals surface area contributed by atoms with E-state index in [4.69, 9.17) is 0 Å². The molecule has 2 heteroatoms. The molecule has 0 amide bonds. The minimum Gasteiger partial charge on any atom is -0.212 e. The molecule has 0 heterocycles. The first-order valence-electron chi connectivity index (χ1n) is 3.19. The van der Waals surface area contributed by atoms with Crippen molar-refractivity contribution in [3.8, 4) is 0 Å². The third-order valence-corrected chi connectivity index (χ3v) is 1.06. The maximum Gasteiger partial charge on any atom is 0.0933 e. The van der Waals surface area contributed by atoms with Crippen LogP contribution in [0.3, 0.4) is 0 Å². The lowest BCUT2D eigenvalue weighted by molar-refractivity contribution is 0.533. The molecular weight excluding hydrogens is 134 g/mol. The van der Waals surface area contributed by atoms with E-state index in [0.29, 0.717) is 0 Å². The third kappa shape index (κ3) is 5.48. The van der Waals surface area contributed by atoms with Gasteiger partial charge in [-0.05, 0) is 18.9 Å². The highest BCUT2D eigenvalue weighted by Crippen LogP contribution is 2.13. The monoisotopic (exact) mass is 146 g/mol. The first kappa shape index (κ1) is 9.34. The van der Waals surface area contributed by atoms with E-state index in [1.54, 1.807) is 6.92 Å². The molecule has 0 aromatic rings. The lowest BCUT2D eigenvalue weighted by Crippen LogP contribution is -1.89. The minimum atomic E-state index is -0.398. The Morgan fingerprint density at radius 2 is 2.10 bits per heavy atom. The molecule has 0 aliphatic heterocycles. The fourth-order valence-corrected chi connectivity index (χ4v) is 0.800. The number of rotatable bonds is 3. The summed E-state index contributed by atoms with van der Waals surface area (Å²) >= 11 is 0. The summed E-state index contributed by atoms with van der Waals surface area (Å²) < 4.78 is 24.2. The van der Waals surface area contributed by atoms with Crippen molar-refractivity contribution in [2.75, 3.05) is 0 Å². The van der Waals surface area contributed by atoms with Gasteiger partial charge in [0.25, 0.3) is 0 Å². The Balaban J connectivity index is 3.75. The second-order valence-electron chi connectivity index (χ2n) is 2.45. The molecule has 0 saturated heterocycles. The predicted octanol–water partition coefficient (Wildman–Crippen LogP) is 3.37. The molecule has 1 atom stereocenters. The molecule has 10 heavy (non-hydrogen) atoms. The largest absolute Gasteiger partial charge is 0.212 e. The van der Waals surface area contributed by atoms with E-state index in [2.05, 4.69) is 6.58 Å². The van der Waals surface area contributed by atoms with Crippen LogP contribution in [0.25, 0.3) is 0 Å². The van der Waals surface area contributed by atoms with Gasteiger partial charge in [-0.2, -0.15) is 0 Å². The molecule has 0 aliphatic carbocycles. The maximum atomic E-state index is 12.1. The minimum absolute atomic E-state index is 0.0949. The van der Waals surface area contributed by atoms with Crippen LogP contribution in [-0.2, 0) is 0 Å². The lowest BCUT2D eigenvalue weighted by Gasteiger charge is -2.01. The summed E-state index contributed by atoms with van der Waals surface area (Å²) in [5.74, 6) is -0.763. The average Bonchev–Trinajstić information content (AvgIpc) is 1.58. The van der Waals surface area contributed by atoms with Crippen LogP contribution in [0.5, 0.6) is 0 Å². The molecular formula is C8H12F2. The Hall–Kier alpha value is -0.660. The fourth-order valence-electron chi connectivity index (χ4n) is 0.800. The van der Waals surface area contributed by atoms with Crippen molar-refractivity contribution in [3.05, 3.63) is 24.3 Å². The molecule has 0 nitrogen and oxygen atoms in total. The molecule has 0 radical (unpaired) electrons. The van der Waals surface area contributed by atoms with Crippen molar-refractivity contribution in [3.63, 3.8) is 0 Å². The average molecular weight is 146 g/mol. The predicted molar refractivity (Wildman–Crippen MR) is 38.9 cm³/mol. The van der Waals surface area contributed by atoms with Crippen molar-refractivity contribution >= 4 is 0 Å². The fraction of sp³-hybridized carbons (Fsp3) is 0.500. The number of hydrogen-bond donors (Lipinski definition) is 0. The third-order valence-electron chi connectivity index (χ3n) is 1.06. The standard InChI is InChI=1S/C8H12F2/c1-6(4-7(2)9)5-8(3)10/h5-6H,2,4H2,1,3H3/b8-5+. The van der Waals surface area contributed by atoms with Crippen LogP contribution < -0.4 is 0 Å². The smallest absolute Gasteiger partial charge is 0.0933 e. The zero-order chi connectivity index (χ0) is 8.15. The summed E-state index contributed by atoms with van der Waals surface area (Å²) in [6.07, 6.45) is 1.59. The second kappa shape index (κ2) is 4.20. The van der Waals surface area contributed by atoms with E-state index in [1.165, 1.54) is 13.0 Å². The van der Waals surface area contributed by atoms with Gasteiger partial charge in [-0.3, -0.25) is 0 Å². The van der Waals surface area contributed by atoms with E-state index in [0.717, 1.165) is 0 Å². The molecule has 0 aliphatic rings. The van der Waals surface area contributed by atoms with Gasteiger partial charge in [0.05, 0.1) is 11.7 Å². The SMILES string of the molecule is C=C(F)CC(C)/C=C(\C)F. The van der Waals surface area contributed by atoms with Crippen molar-refractivity contribution in [2.45, 2.75) is 20.3 Å². The summed E-state index contributed by atoms with van der Waals surface area (Å²) in [5, 5.41) is 0. The topological polar surface area (TPSA) is 0 Å². The van der Waals surface area contributed by atoms with E-state index >= 15 is 0 Å². The highest BCUT2D eigenvalue weighted by molar-refractivity contribution is 4.95. The van der Waals surface area contributed by atoms with E-state index in [1.807, 2.05) is 0 Å². The van der Waals surface area contributed by atoms with Crippen LogP contribution in [0.4, 0.5) is 8.78 Å².